The van der Waals surface area contributed by atoms with Crippen LogP contribution in [-0.4, -0.2) is 99.7 Å². The minimum atomic E-state index is -1.35. The van der Waals surface area contributed by atoms with Crippen molar-refractivity contribution in [2.75, 3.05) is 53.0 Å². The smallest absolute Gasteiger partial charge is 0.457 e. The van der Waals surface area contributed by atoms with Gasteiger partial charge in [0.1, 0.15) is 5.60 Å². The fourth-order valence-electron chi connectivity index (χ4n) is 2.66. The van der Waals surface area contributed by atoms with Crippen molar-refractivity contribution >= 4 is 37.9 Å². The van der Waals surface area contributed by atoms with E-state index in [0.717, 1.165) is 0 Å². The zero-order valence-corrected chi connectivity index (χ0v) is 24.3. The van der Waals surface area contributed by atoms with Crippen LogP contribution in [0.15, 0.2) is 0 Å². The van der Waals surface area contributed by atoms with Crippen molar-refractivity contribution < 1.29 is 52.4 Å². The highest BCUT2D eigenvalue weighted by molar-refractivity contribution is 7.57. The summed E-state index contributed by atoms with van der Waals surface area (Å²) in [5.74, 6) is -1.86. The highest BCUT2D eigenvalue weighted by Gasteiger charge is 2.33. The van der Waals surface area contributed by atoms with E-state index in [2.05, 4.69) is 14.8 Å². The Kier molecular flexibility index (Phi) is 14.7. The van der Waals surface area contributed by atoms with Crippen LogP contribution in [0.25, 0.3) is 0 Å². The molecule has 0 aliphatic carbocycles. The fraction of sp³-hybridized carbons (Fsp3) is 0.792. The Labute approximate surface area is 220 Å². The molecule has 0 spiro atoms. The lowest BCUT2D eigenvalue weighted by molar-refractivity contribution is -0.171. The number of amides is 1. The van der Waals surface area contributed by atoms with E-state index in [0.29, 0.717) is 12.6 Å². The number of rotatable bonds is 16. The van der Waals surface area contributed by atoms with E-state index < -0.39 is 67.8 Å². The molecule has 1 unspecified atom stereocenters. The van der Waals surface area contributed by atoms with Crippen molar-refractivity contribution in [2.45, 2.75) is 71.1 Å². The molecule has 0 fully saturated rings. The lowest BCUT2D eigenvalue weighted by atomic mass is 10.0. The number of esters is 2. The molecule has 0 radical (unpaired) electrons. The molecule has 0 aromatic heterocycles. The second kappa shape index (κ2) is 15.7. The molecule has 0 aliphatic heterocycles. The van der Waals surface area contributed by atoms with Gasteiger partial charge in [0.25, 0.3) is 0 Å². The molecule has 1 amide bonds. The van der Waals surface area contributed by atoms with Gasteiger partial charge in [0.05, 0.1) is 27.0 Å². The van der Waals surface area contributed by atoms with E-state index in [-0.39, 0.29) is 19.2 Å². The summed E-state index contributed by atoms with van der Waals surface area (Å²) in [6, 6.07) is 0. The van der Waals surface area contributed by atoms with Gasteiger partial charge in [-0.05, 0) is 60.8 Å². The maximum Gasteiger partial charge on any atom is 0.508 e. The lowest BCUT2D eigenvalue weighted by Gasteiger charge is -2.27. The number of Topliss-reactive ketones (excluding diaryl/α,β-unsaturated/α-hetero) is 1. The first-order chi connectivity index (χ1) is 16.9. The molecule has 12 nitrogen and oxygen atoms in total. The SMILES string of the molecule is COC(=O)NC(C)(C)CCP(C)CC(=O)OCC(=O)COC(=O)C(C)(C)OCCC(C)(C)OC(=O)OC. The molecule has 0 bridgehead atoms. The molecule has 0 saturated carbocycles. The molecule has 0 aliphatic rings. The molecular weight excluding hydrogens is 509 g/mol. The Bertz CT molecular complexity index is 796. The number of nitrogens with one attached hydrogen (secondary N) is 1. The van der Waals surface area contributed by atoms with Crippen molar-refractivity contribution in [3.05, 3.63) is 0 Å². The van der Waals surface area contributed by atoms with Crippen LogP contribution >= 0.6 is 7.92 Å². The summed E-state index contributed by atoms with van der Waals surface area (Å²) in [6.07, 6.45) is 0.442. The van der Waals surface area contributed by atoms with Crippen LogP contribution < -0.4 is 5.32 Å². The van der Waals surface area contributed by atoms with Crippen LogP contribution in [0.3, 0.4) is 0 Å². The van der Waals surface area contributed by atoms with Crippen LogP contribution in [0.2, 0.25) is 0 Å². The summed E-state index contributed by atoms with van der Waals surface area (Å²) in [5, 5.41) is 2.73. The van der Waals surface area contributed by atoms with Gasteiger partial charge >= 0.3 is 24.2 Å². The van der Waals surface area contributed by atoms with Crippen LogP contribution in [0.5, 0.6) is 0 Å². The lowest BCUT2D eigenvalue weighted by Crippen LogP contribution is -2.43. The van der Waals surface area contributed by atoms with E-state index in [1.807, 2.05) is 20.5 Å². The van der Waals surface area contributed by atoms with Gasteiger partial charge in [-0.2, -0.15) is 0 Å². The van der Waals surface area contributed by atoms with E-state index in [1.54, 1.807) is 13.8 Å². The fourth-order valence-corrected chi connectivity index (χ4v) is 4.29. The van der Waals surface area contributed by atoms with E-state index >= 15 is 0 Å². The second-order valence-electron chi connectivity index (χ2n) is 10.2. The zero-order valence-electron chi connectivity index (χ0n) is 23.4. The van der Waals surface area contributed by atoms with Crippen molar-refractivity contribution in [1.29, 1.82) is 0 Å². The summed E-state index contributed by atoms with van der Waals surface area (Å²) in [7, 11) is 1.78. The summed E-state index contributed by atoms with van der Waals surface area (Å²) in [6.45, 7) is 11.0. The van der Waals surface area contributed by atoms with Gasteiger partial charge in [-0.25, -0.2) is 14.4 Å². The monoisotopic (exact) mass is 551 g/mol. The Hall–Kier alpha value is -2.46. The topological polar surface area (TPSA) is 153 Å². The molecule has 1 atom stereocenters. The quantitative estimate of drug-likeness (QED) is 0.171. The average Bonchev–Trinajstić information content (AvgIpc) is 2.78. The Morgan fingerprint density at radius 1 is 0.838 bits per heavy atom. The number of ketones is 1. The zero-order chi connectivity index (χ0) is 28.9. The van der Waals surface area contributed by atoms with Gasteiger partial charge in [-0.3, -0.25) is 9.59 Å². The van der Waals surface area contributed by atoms with Gasteiger partial charge in [0, 0.05) is 12.0 Å². The first-order valence-electron chi connectivity index (χ1n) is 11.7. The molecule has 0 rings (SSSR count). The molecular formula is C24H42NO11P. The first-order valence-corrected chi connectivity index (χ1v) is 13.9. The average molecular weight is 552 g/mol. The normalized spacial score (nSPS) is 12.7. The van der Waals surface area contributed by atoms with Gasteiger partial charge in [0.2, 0.25) is 5.78 Å². The molecule has 1 N–H and O–H groups in total. The van der Waals surface area contributed by atoms with E-state index in [4.69, 9.17) is 18.9 Å². The third-order valence-electron chi connectivity index (χ3n) is 5.09. The highest BCUT2D eigenvalue weighted by atomic mass is 31.1. The van der Waals surface area contributed by atoms with Crippen molar-refractivity contribution in [3.8, 4) is 0 Å². The number of carbonyl (C=O) groups excluding carboxylic acids is 5. The van der Waals surface area contributed by atoms with Crippen molar-refractivity contribution in [1.82, 2.24) is 5.32 Å². The number of hydrogen-bond donors (Lipinski definition) is 1. The van der Waals surface area contributed by atoms with E-state index in [9.17, 15) is 24.0 Å². The van der Waals surface area contributed by atoms with Crippen LogP contribution in [-0.2, 0) is 42.8 Å². The van der Waals surface area contributed by atoms with Crippen molar-refractivity contribution in [2.24, 2.45) is 0 Å². The van der Waals surface area contributed by atoms with Crippen LogP contribution in [0, 0.1) is 0 Å². The summed E-state index contributed by atoms with van der Waals surface area (Å²) >= 11 is 0. The third kappa shape index (κ3) is 16.1. The van der Waals surface area contributed by atoms with Crippen LogP contribution in [0.4, 0.5) is 9.59 Å². The summed E-state index contributed by atoms with van der Waals surface area (Å²) in [4.78, 5) is 59.1. The number of methoxy groups -OCH3 is 2. The number of ether oxygens (including phenoxy) is 6. The third-order valence-corrected chi connectivity index (χ3v) is 6.87. The number of alkyl carbamates (subject to hydrolysis) is 1. The van der Waals surface area contributed by atoms with Gasteiger partial charge < -0.3 is 33.7 Å². The van der Waals surface area contributed by atoms with Gasteiger partial charge in [-0.1, -0.05) is 7.92 Å². The molecule has 0 heterocycles. The Morgan fingerprint density at radius 2 is 1.43 bits per heavy atom. The minimum absolute atomic E-state index is 0.0770. The van der Waals surface area contributed by atoms with E-state index in [1.165, 1.54) is 28.1 Å². The standard InChI is InChI=1S/C24H42NO11P/c1-22(2,25-20(29)31-7)11-13-37(9)16-18(27)33-14-17(26)15-34-19(28)24(5,6)35-12-10-23(3,4)36-21(30)32-8/h10-16H2,1-9H3,(H,25,29). The van der Waals surface area contributed by atoms with Crippen molar-refractivity contribution in [3.63, 3.8) is 0 Å². The highest BCUT2D eigenvalue weighted by Crippen LogP contribution is 2.33. The number of hydrogen-bond acceptors (Lipinski definition) is 11. The maximum atomic E-state index is 12.3. The maximum absolute atomic E-state index is 12.3. The largest absolute Gasteiger partial charge is 0.508 e. The number of carbonyl (C=O) groups is 5. The summed E-state index contributed by atoms with van der Waals surface area (Å²) < 4.78 is 29.7. The molecule has 214 valence electrons. The molecule has 37 heavy (non-hydrogen) atoms. The molecule has 0 aromatic rings. The predicted octanol–water partition coefficient (Wildman–Crippen LogP) is 3.03. The molecule has 0 aromatic carbocycles. The Morgan fingerprint density at radius 3 is 2.00 bits per heavy atom. The first kappa shape index (κ1) is 34.5. The van der Waals surface area contributed by atoms with Crippen LogP contribution in [0.1, 0.15) is 54.4 Å². The second-order valence-corrected chi connectivity index (χ2v) is 12.7. The van der Waals surface area contributed by atoms with Gasteiger partial charge in [0.15, 0.2) is 18.8 Å². The minimum Gasteiger partial charge on any atom is -0.457 e. The van der Waals surface area contributed by atoms with Gasteiger partial charge in [-0.15, -0.1) is 0 Å². The molecule has 0 saturated heterocycles. The predicted molar refractivity (Wildman–Crippen MR) is 136 cm³/mol. The molecule has 13 heteroatoms. The Balaban J connectivity index is 4.34. The summed E-state index contributed by atoms with van der Waals surface area (Å²) in [5.41, 5.74) is -2.72.